The first kappa shape index (κ1) is 11.8. The van der Waals surface area contributed by atoms with Crippen LogP contribution in [0.5, 0.6) is 0 Å². The Morgan fingerprint density at radius 2 is 2.21 bits per heavy atom. The summed E-state index contributed by atoms with van der Waals surface area (Å²) in [7, 11) is 0. The molecule has 78 valence electrons. The summed E-state index contributed by atoms with van der Waals surface area (Å²) in [5, 5.41) is 4.17. The van der Waals surface area contributed by atoms with Crippen LogP contribution in [0.1, 0.15) is 18.9 Å². The van der Waals surface area contributed by atoms with Gasteiger partial charge in [0.15, 0.2) is 0 Å². The predicted molar refractivity (Wildman–Crippen MR) is 63.1 cm³/mol. The minimum absolute atomic E-state index is 0.450. The van der Waals surface area contributed by atoms with Gasteiger partial charge in [-0.1, -0.05) is 23.7 Å². The van der Waals surface area contributed by atoms with Gasteiger partial charge in [0.2, 0.25) is 0 Å². The van der Waals surface area contributed by atoms with Crippen LogP contribution in [0.2, 0.25) is 5.02 Å². The number of hydrogen-bond acceptors (Lipinski definition) is 1. The molecule has 0 aliphatic rings. The molecule has 0 spiro atoms. The number of halogens is 2. The van der Waals surface area contributed by atoms with Crippen molar-refractivity contribution in [1.29, 1.82) is 0 Å². The maximum Gasteiger partial charge on any atom is 0.0409 e. The molecule has 1 unspecified atom stereocenters. The van der Waals surface area contributed by atoms with Crippen molar-refractivity contribution in [3.8, 4) is 0 Å². The van der Waals surface area contributed by atoms with Gasteiger partial charge in [-0.2, -0.15) is 0 Å². The van der Waals surface area contributed by atoms with Crippen LogP contribution in [0.4, 0.5) is 0 Å². The summed E-state index contributed by atoms with van der Waals surface area (Å²) in [5.41, 5.74) is 1.21. The molecule has 0 aromatic heterocycles. The standard InChI is InChI=1S/C11H15Cl2N/c1-9(5-6-12)14-8-10-3-2-4-11(13)7-10/h2-4,7,9,14H,5-6,8H2,1H3. The lowest BCUT2D eigenvalue weighted by molar-refractivity contribution is 0.536. The Balaban J connectivity index is 2.37. The highest BCUT2D eigenvalue weighted by molar-refractivity contribution is 6.30. The van der Waals surface area contributed by atoms with Crippen LogP contribution in [-0.2, 0) is 6.54 Å². The van der Waals surface area contributed by atoms with E-state index in [1.165, 1.54) is 5.56 Å². The molecule has 1 aromatic carbocycles. The zero-order valence-electron chi connectivity index (χ0n) is 8.26. The van der Waals surface area contributed by atoms with Gasteiger partial charge in [-0.3, -0.25) is 0 Å². The SMILES string of the molecule is CC(CCCl)NCc1cccc(Cl)c1. The first-order valence-electron chi connectivity index (χ1n) is 4.76. The fraction of sp³-hybridized carbons (Fsp3) is 0.455. The molecular weight excluding hydrogens is 217 g/mol. The fourth-order valence-corrected chi connectivity index (χ4v) is 1.74. The molecule has 1 N–H and O–H groups in total. The normalized spacial score (nSPS) is 12.8. The van der Waals surface area contributed by atoms with E-state index in [1.54, 1.807) is 0 Å². The number of nitrogens with one attached hydrogen (secondary N) is 1. The van der Waals surface area contributed by atoms with Gasteiger partial charge < -0.3 is 5.32 Å². The summed E-state index contributed by atoms with van der Waals surface area (Å²) in [4.78, 5) is 0. The largest absolute Gasteiger partial charge is 0.310 e. The number of hydrogen-bond donors (Lipinski definition) is 1. The topological polar surface area (TPSA) is 12.0 Å². The van der Waals surface area contributed by atoms with Crippen LogP contribution in [-0.4, -0.2) is 11.9 Å². The second kappa shape index (κ2) is 6.28. The Kier molecular flexibility index (Phi) is 5.31. The smallest absolute Gasteiger partial charge is 0.0409 e. The lowest BCUT2D eigenvalue weighted by atomic mass is 10.2. The maximum atomic E-state index is 5.87. The third-order valence-electron chi connectivity index (χ3n) is 2.09. The molecule has 0 bridgehead atoms. The number of rotatable bonds is 5. The second-order valence-corrected chi connectivity index (χ2v) is 4.20. The van der Waals surface area contributed by atoms with Gasteiger partial charge in [0.05, 0.1) is 0 Å². The van der Waals surface area contributed by atoms with Crippen LogP contribution in [0, 0.1) is 0 Å². The van der Waals surface area contributed by atoms with E-state index in [-0.39, 0.29) is 0 Å². The molecule has 1 nitrogen and oxygen atoms in total. The van der Waals surface area contributed by atoms with Gasteiger partial charge in [-0.25, -0.2) is 0 Å². The Labute approximate surface area is 95.4 Å². The van der Waals surface area contributed by atoms with Crippen LogP contribution in [0.15, 0.2) is 24.3 Å². The molecule has 14 heavy (non-hydrogen) atoms. The van der Waals surface area contributed by atoms with Gasteiger partial charge in [0, 0.05) is 23.5 Å². The molecule has 0 radical (unpaired) electrons. The van der Waals surface area contributed by atoms with E-state index in [1.807, 2.05) is 18.2 Å². The first-order chi connectivity index (χ1) is 6.72. The average molecular weight is 232 g/mol. The second-order valence-electron chi connectivity index (χ2n) is 3.39. The monoisotopic (exact) mass is 231 g/mol. The number of alkyl halides is 1. The molecular formula is C11H15Cl2N. The molecule has 1 atom stereocenters. The van der Waals surface area contributed by atoms with E-state index in [9.17, 15) is 0 Å². The molecule has 0 fully saturated rings. The summed E-state index contributed by atoms with van der Waals surface area (Å²) in [6, 6.07) is 8.33. The third kappa shape index (κ3) is 4.32. The minimum atomic E-state index is 0.450. The van der Waals surface area contributed by atoms with Crippen LogP contribution in [0.3, 0.4) is 0 Å². The molecule has 1 rings (SSSR count). The zero-order chi connectivity index (χ0) is 10.4. The van der Waals surface area contributed by atoms with Crippen molar-refractivity contribution in [2.24, 2.45) is 0 Å². The predicted octanol–water partition coefficient (Wildman–Crippen LogP) is 3.45. The summed E-state index contributed by atoms with van der Waals surface area (Å²) in [6.45, 7) is 2.98. The van der Waals surface area contributed by atoms with Gasteiger partial charge >= 0.3 is 0 Å². The molecule has 0 heterocycles. The van der Waals surface area contributed by atoms with Crippen molar-refractivity contribution in [3.63, 3.8) is 0 Å². The summed E-state index contributed by atoms with van der Waals surface area (Å²) in [5.74, 6) is 0.698. The van der Waals surface area contributed by atoms with E-state index >= 15 is 0 Å². The quantitative estimate of drug-likeness (QED) is 0.766. The Morgan fingerprint density at radius 1 is 1.43 bits per heavy atom. The van der Waals surface area contributed by atoms with Crippen molar-refractivity contribution >= 4 is 23.2 Å². The van der Waals surface area contributed by atoms with Crippen molar-refractivity contribution < 1.29 is 0 Å². The number of benzene rings is 1. The molecule has 0 aliphatic heterocycles. The third-order valence-corrected chi connectivity index (χ3v) is 2.54. The molecule has 0 aliphatic carbocycles. The molecule has 3 heteroatoms. The molecule has 0 saturated carbocycles. The lowest BCUT2D eigenvalue weighted by Crippen LogP contribution is -2.25. The van der Waals surface area contributed by atoms with Gasteiger partial charge in [-0.05, 0) is 31.0 Å². The minimum Gasteiger partial charge on any atom is -0.310 e. The average Bonchev–Trinajstić information content (AvgIpc) is 2.15. The van der Waals surface area contributed by atoms with Crippen molar-refractivity contribution in [2.75, 3.05) is 5.88 Å². The summed E-state index contributed by atoms with van der Waals surface area (Å²) in [6.07, 6.45) is 0.988. The van der Waals surface area contributed by atoms with E-state index < -0.39 is 0 Å². The Morgan fingerprint density at radius 3 is 2.86 bits per heavy atom. The molecule has 0 saturated heterocycles. The fourth-order valence-electron chi connectivity index (χ4n) is 1.20. The zero-order valence-corrected chi connectivity index (χ0v) is 9.78. The maximum absolute atomic E-state index is 5.87. The highest BCUT2D eigenvalue weighted by Gasteiger charge is 2.00. The van der Waals surface area contributed by atoms with E-state index in [0.29, 0.717) is 11.9 Å². The van der Waals surface area contributed by atoms with Crippen molar-refractivity contribution in [2.45, 2.75) is 25.9 Å². The van der Waals surface area contributed by atoms with Gasteiger partial charge in [0.1, 0.15) is 0 Å². The molecule has 0 amide bonds. The van der Waals surface area contributed by atoms with Gasteiger partial charge in [0.25, 0.3) is 0 Å². The lowest BCUT2D eigenvalue weighted by Gasteiger charge is -2.12. The van der Waals surface area contributed by atoms with Crippen molar-refractivity contribution in [3.05, 3.63) is 34.9 Å². The molecule has 1 aromatic rings. The van der Waals surface area contributed by atoms with Crippen LogP contribution in [0.25, 0.3) is 0 Å². The summed E-state index contributed by atoms with van der Waals surface area (Å²) < 4.78 is 0. The highest BCUT2D eigenvalue weighted by Crippen LogP contribution is 2.10. The van der Waals surface area contributed by atoms with E-state index in [2.05, 4.69) is 18.3 Å². The summed E-state index contributed by atoms with van der Waals surface area (Å²) >= 11 is 11.5. The Hall–Kier alpha value is -0.240. The first-order valence-corrected chi connectivity index (χ1v) is 5.67. The van der Waals surface area contributed by atoms with E-state index in [4.69, 9.17) is 23.2 Å². The highest BCUT2D eigenvalue weighted by atomic mass is 35.5. The van der Waals surface area contributed by atoms with Gasteiger partial charge in [-0.15, -0.1) is 11.6 Å². The van der Waals surface area contributed by atoms with Crippen molar-refractivity contribution in [1.82, 2.24) is 5.32 Å². The van der Waals surface area contributed by atoms with E-state index in [0.717, 1.165) is 18.0 Å². The van der Waals surface area contributed by atoms with Crippen LogP contribution >= 0.6 is 23.2 Å². The Bertz CT molecular complexity index is 276. The van der Waals surface area contributed by atoms with Crippen LogP contribution < -0.4 is 5.32 Å².